The molecule has 1 aliphatic heterocycles. The molecule has 2 fully saturated rings. The highest BCUT2D eigenvalue weighted by Gasteiger charge is 2.37. The van der Waals surface area contributed by atoms with E-state index >= 15 is 0 Å². The van der Waals surface area contributed by atoms with Gasteiger partial charge in [0.1, 0.15) is 5.84 Å². The average Bonchev–Trinajstić information content (AvgIpc) is 2.45. The smallest absolute Gasteiger partial charge is 0.105 e. The van der Waals surface area contributed by atoms with Gasteiger partial charge in [0.25, 0.3) is 0 Å². The zero-order valence-corrected chi connectivity index (χ0v) is 6.71. The number of nitrogens with two attached hydrogens (primary N) is 1. The van der Waals surface area contributed by atoms with Crippen LogP contribution in [0.1, 0.15) is 19.3 Å². The van der Waals surface area contributed by atoms with Gasteiger partial charge in [0.15, 0.2) is 0 Å². The van der Waals surface area contributed by atoms with Crippen LogP contribution in [0, 0.1) is 11.3 Å². The summed E-state index contributed by atoms with van der Waals surface area (Å²) in [6.07, 6.45) is 4.09. The maximum atomic E-state index is 7.18. The normalized spacial score (nSPS) is 36.4. The van der Waals surface area contributed by atoms with Crippen LogP contribution >= 0.6 is 0 Å². The highest BCUT2D eigenvalue weighted by atomic mass is 15.2. The summed E-state index contributed by atoms with van der Waals surface area (Å²) in [4.78, 5) is 2.36. The standard InChI is InChI=1S/C8H15N3/c9-8(10)5-11-4-6-1-2-7(11)3-6/h6-7H,1-5H2,(H3,9,10). The van der Waals surface area contributed by atoms with Gasteiger partial charge >= 0.3 is 0 Å². The number of likely N-dealkylation sites (tertiary alicyclic amines) is 1. The molecule has 0 aromatic heterocycles. The minimum atomic E-state index is 0.317. The summed E-state index contributed by atoms with van der Waals surface area (Å²) >= 11 is 0. The quantitative estimate of drug-likeness (QED) is 0.446. The van der Waals surface area contributed by atoms with Crippen LogP contribution in [0.2, 0.25) is 0 Å². The predicted molar refractivity (Wildman–Crippen MR) is 44.6 cm³/mol. The Morgan fingerprint density at radius 3 is 2.82 bits per heavy atom. The second-order valence-corrected chi connectivity index (χ2v) is 3.79. The van der Waals surface area contributed by atoms with Crippen molar-refractivity contribution in [2.24, 2.45) is 11.7 Å². The zero-order chi connectivity index (χ0) is 7.84. The van der Waals surface area contributed by atoms with Gasteiger partial charge in [0.2, 0.25) is 0 Å². The lowest BCUT2D eigenvalue weighted by molar-refractivity contribution is 0.242. The van der Waals surface area contributed by atoms with Gasteiger partial charge < -0.3 is 5.73 Å². The molecular formula is C8H15N3. The third kappa shape index (κ3) is 1.25. The molecule has 2 rings (SSSR count). The molecule has 1 heterocycles. The van der Waals surface area contributed by atoms with Gasteiger partial charge in [-0.3, -0.25) is 10.3 Å². The van der Waals surface area contributed by atoms with Crippen molar-refractivity contribution in [3.63, 3.8) is 0 Å². The van der Waals surface area contributed by atoms with Crippen LogP contribution in [0.5, 0.6) is 0 Å². The first-order chi connectivity index (χ1) is 5.25. The fourth-order valence-corrected chi connectivity index (χ4v) is 2.44. The predicted octanol–water partition coefficient (Wildman–Crippen LogP) is 0.407. The highest BCUT2D eigenvalue weighted by molar-refractivity contribution is 5.79. The first-order valence-electron chi connectivity index (χ1n) is 4.32. The lowest BCUT2D eigenvalue weighted by Gasteiger charge is -2.25. The number of piperidine rings is 1. The lowest BCUT2D eigenvalue weighted by atomic mass is 10.1. The van der Waals surface area contributed by atoms with E-state index in [4.69, 9.17) is 11.1 Å². The van der Waals surface area contributed by atoms with Crippen LogP contribution in [0.4, 0.5) is 0 Å². The summed E-state index contributed by atoms with van der Waals surface area (Å²) in [5, 5.41) is 7.18. The maximum absolute atomic E-state index is 7.18. The van der Waals surface area contributed by atoms with Crippen molar-refractivity contribution in [2.75, 3.05) is 13.1 Å². The monoisotopic (exact) mass is 153 g/mol. The lowest BCUT2D eigenvalue weighted by Crippen LogP contribution is -2.38. The summed E-state index contributed by atoms with van der Waals surface area (Å²) in [7, 11) is 0. The van der Waals surface area contributed by atoms with Gasteiger partial charge in [0, 0.05) is 12.6 Å². The molecule has 0 aromatic rings. The first-order valence-corrected chi connectivity index (χ1v) is 4.32. The van der Waals surface area contributed by atoms with E-state index in [1.165, 1.54) is 25.8 Å². The first kappa shape index (κ1) is 7.10. The van der Waals surface area contributed by atoms with Gasteiger partial charge in [-0.2, -0.15) is 0 Å². The molecule has 0 amide bonds. The zero-order valence-electron chi connectivity index (χ0n) is 6.71. The van der Waals surface area contributed by atoms with Crippen LogP contribution in [0.15, 0.2) is 0 Å². The average molecular weight is 153 g/mol. The number of amidine groups is 1. The van der Waals surface area contributed by atoms with Gasteiger partial charge in [-0.15, -0.1) is 0 Å². The Kier molecular flexibility index (Phi) is 1.60. The van der Waals surface area contributed by atoms with Crippen molar-refractivity contribution in [1.82, 2.24) is 4.90 Å². The van der Waals surface area contributed by atoms with E-state index in [0.29, 0.717) is 12.4 Å². The molecule has 3 N–H and O–H groups in total. The van der Waals surface area contributed by atoms with E-state index in [1.54, 1.807) is 0 Å². The van der Waals surface area contributed by atoms with E-state index in [0.717, 1.165) is 12.0 Å². The third-order valence-electron chi connectivity index (χ3n) is 2.90. The minimum absolute atomic E-state index is 0.317. The number of nitrogens with one attached hydrogen (secondary N) is 1. The number of nitrogens with zero attached hydrogens (tertiary/aromatic N) is 1. The molecular weight excluding hydrogens is 138 g/mol. The molecule has 3 heteroatoms. The summed E-state index contributed by atoms with van der Waals surface area (Å²) < 4.78 is 0. The second kappa shape index (κ2) is 2.48. The van der Waals surface area contributed by atoms with Crippen LogP contribution < -0.4 is 5.73 Å². The number of fused-ring (bicyclic) bond motifs is 2. The third-order valence-corrected chi connectivity index (χ3v) is 2.90. The maximum Gasteiger partial charge on any atom is 0.105 e. The Balaban J connectivity index is 1.92. The topological polar surface area (TPSA) is 53.1 Å². The van der Waals surface area contributed by atoms with Crippen LogP contribution in [0.25, 0.3) is 0 Å². The van der Waals surface area contributed by atoms with Crippen molar-refractivity contribution >= 4 is 5.84 Å². The molecule has 0 spiro atoms. The molecule has 1 aliphatic carbocycles. The van der Waals surface area contributed by atoms with Crippen molar-refractivity contribution in [2.45, 2.75) is 25.3 Å². The highest BCUT2D eigenvalue weighted by Crippen LogP contribution is 2.36. The van der Waals surface area contributed by atoms with Crippen LogP contribution in [-0.4, -0.2) is 29.9 Å². The Bertz CT molecular complexity index is 178. The van der Waals surface area contributed by atoms with E-state index in [2.05, 4.69) is 4.90 Å². The molecule has 0 aromatic carbocycles. The fraction of sp³-hybridized carbons (Fsp3) is 0.875. The van der Waals surface area contributed by atoms with E-state index in [9.17, 15) is 0 Å². The number of hydrogen-bond donors (Lipinski definition) is 2. The molecule has 11 heavy (non-hydrogen) atoms. The van der Waals surface area contributed by atoms with Crippen LogP contribution in [0.3, 0.4) is 0 Å². The Morgan fingerprint density at radius 2 is 2.36 bits per heavy atom. The van der Waals surface area contributed by atoms with Gasteiger partial charge in [0.05, 0.1) is 6.54 Å². The summed E-state index contributed by atoms with van der Waals surface area (Å²) in [5.74, 6) is 1.23. The molecule has 2 aliphatic rings. The number of hydrogen-bond acceptors (Lipinski definition) is 2. The molecule has 3 nitrogen and oxygen atoms in total. The molecule has 1 saturated carbocycles. The fourth-order valence-electron chi connectivity index (χ4n) is 2.44. The summed E-state index contributed by atoms with van der Waals surface area (Å²) in [6, 6.07) is 0.754. The van der Waals surface area contributed by atoms with Crippen molar-refractivity contribution < 1.29 is 0 Å². The van der Waals surface area contributed by atoms with Crippen LogP contribution in [-0.2, 0) is 0 Å². The van der Waals surface area contributed by atoms with Crippen molar-refractivity contribution in [1.29, 1.82) is 5.41 Å². The molecule has 62 valence electrons. The molecule has 2 unspecified atom stereocenters. The minimum Gasteiger partial charge on any atom is -0.387 e. The van der Waals surface area contributed by atoms with E-state index in [1.807, 2.05) is 0 Å². The molecule has 2 atom stereocenters. The van der Waals surface area contributed by atoms with Crippen molar-refractivity contribution in [3.05, 3.63) is 0 Å². The molecule has 0 radical (unpaired) electrons. The van der Waals surface area contributed by atoms with Gasteiger partial charge in [-0.25, -0.2) is 0 Å². The van der Waals surface area contributed by atoms with Crippen molar-refractivity contribution in [3.8, 4) is 0 Å². The largest absolute Gasteiger partial charge is 0.387 e. The Hall–Kier alpha value is -0.570. The molecule has 2 bridgehead atoms. The SMILES string of the molecule is N=C(N)CN1CC2CCC1C2. The van der Waals surface area contributed by atoms with E-state index < -0.39 is 0 Å². The van der Waals surface area contributed by atoms with Gasteiger partial charge in [-0.05, 0) is 25.2 Å². The Morgan fingerprint density at radius 1 is 1.55 bits per heavy atom. The second-order valence-electron chi connectivity index (χ2n) is 3.79. The Labute approximate surface area is 67.1 Å². The van der Waals surface area contributed by atoms with E-state index in [-0.39, 0.29) is 0 Å². The summed E-state index contributed by atoms with van der Waals surface area (Å²) in [5.41, 5.74) is 5.35. The summed E-state index contributed by atoms with van der Waals surface area (Å²) in [6.45, 7) is 1.88. The molecule has 1 saturated heterocycles. The number of rotatable bonds is 2. The van der Waals surface area contributed by atoms with Gasteiger partial charge in [-0.1, -0.05) is 0 Å².